The van der Waals surface area contributed by atoms with Gasteiger partial charge in [0.05, 0.1) is 5.41 Å². The van der Waals surface area contributed by atoms with E-state index < -0.39 is 0 Å². The molecule has 1 saturated heterocycles. The molecule has 2 aliphatic rings. The van der Waals surface area contributed by atoms with E-state index in [0.717, 1.165) is 38.4 Å². The number of carbonyl (C=O) groups excluding carboxylic acids is 1. The Bertz CT molecular complexity index is 255. The predicted molar refractivity (Wildman–Crippen MR) is 65.2 cm³/mol. The van der Waals surface area contributed by atoms with Gasteiger partial charge in [-0.2, -0.15) is 0 Å². The first-order valence-corrected chi connectivity index (χ1v) is 6.58. The van der Waals surface area contributed by atoms with Crippen LogP contribution in [0.5, 0.6) is 0 Å². The number of amides is 1. The molecule has 0 spiro atoms. The van der Waals surface area contributed by atoms with Gasteiger partial charge in [0.25, 0.3) is 0 Å². The molecule has 1 aliphatic heterocycles. The van der Waals surface area contributed by atoms with Crippen molar-refractivity contribution in [3.63, 3.8) is 0 Å². The molecule has 1 amide bonds. The molecule has 16 heavy (non-hydrogen) atoms. The van der Waals surface area contributed by atoms with Crippen molar-refractivity contribution in [1.82, 2.24) is 10.2 Å². The summed E-state index contributed by atoms with van der Waals surface area (Å²) in [7, 11) is 1.97. The van der Waals surface area contributed by atoms with Crippen LogP contribution in [-0.2, 0) is 4.79 Å². The maximum Gasteiger partial charge on any atom is 0.229 e. The zero-order chi connectivity index (χ0) is 11.6. The van der Waals surface area contributed by atoms with E-state index in [9.17, 15) is 4.79 Å². The molecule has 3 nitrogen and oxygen atoms in total. The fourth-order valence-electron chi connectivity index (χ4n) is 2.85. The van der Waals surface area contributed by atoms with Gasteiger partial charge in [-0.1, -0.05) is 6.42 Å². The lowest BCUT2D eigenvalue weighted by Crippen LogP contribution is -2.50. The molecule has 1 N–H and O–H groups in total. The highest BCUT2D eigenvalue weighted by atomic mass is 16.2. The summed E-state index contributed by atoms with van der Waals surface area (Å²) in [6.45, 7) is 4.99. The van der Waals surface area contributed by atoms with Gasteiger partial charge >= 0.3 is 0 Å². The van der Waals surface area contributed by atoms with Crippen LogP contribution in [0.25, 0.3) is 0 Å². The quantitative estimate of drug-likeness (QED) is 0.790. The number of nitrogens with zero attached hydrogens (tertiary/aromatic N) is 1. The van der Waals surface area contributed by atoms with Gasteiger partial charge in [0, 0.05) is 20.1 Å². The molecule has 1 saturated carbocycles. The van der Waals surface area contributed by atoms with Crippen LogP contribution in [0.2, 0.25) is 0 Å². The van der Waals surface area contributed by atoms with E-state index in [2.05, 4.69) is 12.2 Å². The molecule has 0 aromatic heterocycles. The fourth-order valence-corrected chi connectivity index (χ4v) is 2.85. The molecular weight excluding hydrogens is 200 g/mol. The molecule has 0 bridgehead atoms. The Morgan fingerprint density at radius 1 is 1.44 bits per heavy atom. The lowest BCUT2D eigenvalue weighted by Gasteiger charge is -2.38. The Balaban J connectivity index is 1.88. The molecule has 1 unspecified atom stereocenters. The summed E-state index contributed by atoms with van der Waals surface area (Å²) in [6.07, 6.45) is 6.14. The Kier molecular flexibility index (Phi) is 3.53. The normalized spacial score (nSPS) is 30.9. The summed E-state index contributed by atoms with van der Waals surface area (Å²) >= 11 is 0. The number of hydrogen-bond donors (Lipinski definition) is 1. The van der Waals surface area contributed by atoms with Crippen LogP contribution in [0.1, 0.15) is 39.0 Å². The van der Waals surface area contributed by atoms with Gasteiger partial charge in [-0.15, -0.1) is 0 Å². The zero-order valence-corrected chi connectivity index (χ0v) is 10.6. The average Bonchev–Trinajstić information content (AvgIpc) is 2.23. The van der Waals surface area contributed by atoms with Crippen molar-refractivity contribution in [1.29, 1.82) is 0 Å². The van der Waals surface area contributed by atoms with Gasteiger partial charge < -0.3 is 10.2 Å². The van der Waals surface area contributed by atoms with Crippen LogP contribution in [0.4, 0.5) is 0 Å². The Morgan fingerprint density at radius 2 is 2.19 bits per heavy atom. The third-order valence-corrected chi connectivity index (χ3v) is 4.22. The van der Waals surface area contributed by atoms with Gasteiger partial charge in [0.2, 0.25) is 5.91 Å². The number of hydrogen-bond acceptors (Lipinski definition) is 2. The highest BCUT2D eigenvalue weighted by molar-refractivity contribution is 5.82. The van der Waals surface area contributed by atoms with Crippen LogP contribution in [0, 0.1) is 11.3 Å². The van der Waals surface area contributed by atoms with Crippen molar-refractivity contribution < 1.29 is 4.79 Å². The van der Waals surface area contributed by atoms with Crippen LogP contribution >= 0.6 is 0 Å². The molecular formula is C13H24N2O. The number of carbonyl (C=O) groups is 1. The molecule has 3 heteroatoms. The average molecular weight is 224 g/mol. The second-order valence-corrected chi connectivity index (χ2v) is 5.82. The second-order valence-electron chi connectivity index (χ2n) is 5.82. The monoisotopic (exact) mass is 224 g/mol. The number of piperidine rings is 1. The standard InChI is InChI=1S/C13H24N2O/c1-13(7-4-8-14-10-13)12(16)15(2)9-11-5-3-6-11/h11,14H,3-10H2,1-2H3. The van der Waals surface area contributed by atoms with Crippen molar-refractivity contribution in [2.45, 2.75) is 39.0 Å². The van der Waals surface area contributed by atoms with Crippen LogP contribution in [-0.4, -0.2) is 37.5 Å². The maximum atomic E-state index is 12.4. The van der Waals surface area contributed by atoms with Crippen LogP contribution < -0.4 is 5.32 Å². The van der Waals surface area contributed by atoms with Crippen molar-refractivity contribution >= 4 is 5.91 Å². The summed E-state index contributed by atoms with van der Waals surface area (Å²) in [5.74, 6) is 1.11. The lowest BCUT2D eigenvalue weighted by atomic mass is 9.80. The van der Waals surface area contributed by atoms with Crippen molar-refractivity contribution in [3.8, 4) is 0 Å². The summed E-state index contributed by atoms with van der Waals surface area (Å²) in [5, 5.41) is 3.34. The van der Waals surface area contributed by atoms with Gasteiger partial charge in [-0.3, -0.25) is 4.79 Å². The van der Waals surface area contributed by atoms with E-state index in [1.165, 1.54) is 19.3 Å². The minimum Gasteiger partial charge on any atom is -0.345 e. The van der Waals surface area contributed by atoms with Crippen molar-refractivity contribution in [3.05, 3.63) is 0 Å². The summed E-state index contributed by atoms with van der Waals surface area (Å²) in [6, 6.07) is 0. The SMILES string of the molecule is CN(CC1CCC1)C(=O)C1(C)CCCNC1. The molecule has 2 rings (SSSR count). The van der Waals surface area contributed by atoms with E-state index >= 15 is 0 Å². The lowest BCUT2D eigenvalue weighted by molar-refractivity contribution is -0.141. The molecule has 92 valence electrons. The molecule has 1 aliphatic carbocycles. The molecule has 0 radical (unpaired) electrons. The first kappa shape index (κ1) is 11.9. The fraction of sp³-hybridized carbons (Fsp3) is 0.923. The third-order valence-electron chi connectivity index (χ3n) is 4.22. The highest BCUT2D eigenvalue weighted by Crippen LogP contribution is 2.31. The molecule has 1 heterocycles. The van der Waals surface area contributed by atoms with Crippen LogP contribution in [0.3, 0.4) is 0 Å². The minimum absolute atomic E-state index is 0.156. The summed E-state index contributed by atoms with van der Waals surface area (Å²) < 4.78 is 0. The highest BCUT2D eigenvalue weighted by Gasteiger charge is 2.37. The number of rotatable bonds is 3. The smallest absolute Gasteiger partial charge is 0.229 e. The van der Waals surface area contributed by atoms with E-state index in [-0.39, 0.29) is 5.41 Å². The first-order chi connectivity index (χ1) is 7.62. The Morgan fingerprint density at radius 3 is 2.69 bits per heavy atom. The molecule has 1 atom stereocenters. The first-order valence-electron chi connectivity index (χ1n) is 6.58. The minimum atomic E-state index is -0.156. The Labute approximate surface area is 98.6 Å². The van der Waals surface area contributed by atoms with Crippen LogP contribution in [0.15, 0.2) is 0 Å². The molecule has 0 aromatic carbocycles. The van der Waals surface area contributed by atoms with Crippen molar-refractivity contribution in [2.24, 2.45) is 11.3 Å². The molecule has 2 fully saturated rings. The summed E-state index contributed by atoms with van der Waals surface area (Å²) in [4.78, 5) is 14.4. The third kappa shape index (κ3) is 2.40. The topological polar surface area (TPSA) is 32.3 Å². The van der Waals surface area contributed by atoms with E-state index in [1.54, 1.807) is 0 Å². The Hall–Kier alpha value is -0.570. The largest absolute Gasteiger partial charge is 0.345 e. The zero-order valence-electron chi connectivity index (χ0n) is 10.6. The van der Waals surface area contributed by atoms with Gasteiger partial charge in [0.1, 0.15) is 0 Å². The van der Waals surface area contributed by atoms with Gasteiger partial charge in [-0.05, 0) is 45.1 Å². The van der Waals surface area contributed by atoms with E-state index in [4.69, 9.17) is 0 Å². The van der Waals surface area contributed by atoms with E-state index in [0.29, 0.717) is 5.91 Å². The molecule has 0 aromatic rings. The van der Waals surface area contributed by atoms with E-state index in [1.807, 2.05) is 11.9 Å². The predicted octanol–water partition coefficient (Wildman–Crippen LogP) is 1.63. The van der Waals surface area contributed by atoms with Gasteiger partial charge in [-0.25, -0.2) is 0 Å². The maximum absolute atomic E-state index is 12.4. The number of nitrogens with one attached hydrogen (secondary N) is 1. The van der Waals surface area contributed by atoms with Crippen molar-refractivity contribution in [2.75, 3.05) is 26.7 Å². The van der Waals surface area contributed by atoms with Gasteiger partial charge in [0.15, 0.2) is 0 Å². The second kappa shape index (κ2) is 4.74. The summed E-state index contributed by atoms with van der Waals surface area (Å²) in [5.41, 5.74) is -0.156.